The molecule has 0 aromatic rings. The Morgan fingerprint density at radius 3 is 2.62 bits per heavy atom. The number of rotatable bonds is 4. The molecule has 0 bridgehead atoms. The molecule has 3 atom stereocenters. The fourth-order valence-electron chi connectivity index (χ4n) is 1.02. The van der Waals surface area contributed by atoms with Crippen LogP contribution < -0.4 is 5.11 Å². The molecule has 1 rings (SSSR count). The predicted octanol–water partition coefficient (Wildman–Crippen LogP) is 0.540. The van der Waals surface area contributed by atoms with Gasteiger partial charge in [0.2, 0.25) is 0 Å². The van der Waals surface area contributed by atoms with Gasteiger partial charge >= 0.3 is 23.1 Å². The standard InChI is InChI=1S/C10H16O2.Mg/c1-7(2)10(3,4)5-8(11)9-6-12-9;/h8-9H,1,3,5-6H2,2,4H3;/q-2;+2. The molecule has 1 fully saturated rings. The third kappa shape index (κ3) is 3.98. The molecule has 1 aliphatic rings. The molecule has 3 heteroatoms. The van der Waals surface area contributed by atoms with E-state index in [4.69, 9.17) is 4.74 Å². The van der Waals surface area contributed by atoms with E-state index >= 15 is 0 Å². The SMILES string of the molecule is C=C(C)C([CH2-])(C)CC([O-])C1CO1.[Mg+2]. The van der Waals surface area contributed by atoms with Gasteiger partial charge in [-0.2, -0.15) is 0 Å². The third-order valence-corrected chi connectivity index (χ3v) is 2.46. The molecule has 3 unspecified atom stereocenters. The van der Waals surface area contributed by atoms with Gasteiger partial charge in [0.1, 0.15) is 0 Å². The van der Waals surface area contributed by atoms with Crippen LogP contribution in [0.25, 0.3) is 0 Å². The van der Waals surface area contributed by atoms with E-state index in [2.05, 4.69) is 13.5 Å². The van der Waals surface area contributed by atoms with Gasteiger partial charge in [0.25, 0.3) is 0 Å². The molecular weight excluding hydrogens is 176 g/mol. The van der Waals surface area contributed by atoms with Crippen LogP contribution in [0.3, 0.4) is 0 Å². The molecule has 0 radical (unpaired) electrons. The molecule has 0 aliphatic carbocycles. The van der Waals surface area contributed by atoms with Crippen molar-refractivity contribution in [2.75, 3.05) is 6.61 Å². The third-order valence-electron chi connectivity index (χ3n) is 2.46. The molecule has 0 amide bonds. The Labute approximate surface area is 96.5 Å². The smallest absolute Gasteiger partial charge is 0.850 e. The summed E-state index contributed by atoms with van der Waals surface area (Å²) in [7, 11) is 0. The quantitative estimate of drug-likeness (QED) is 0.282. The molecule has 1 aliphatic heterocycles. The molecule has 1 saturated heterocycles. The van der Waals surface area contributed by atoms with Crippen molar-refractivity contribution in [3.05, 3.63) is 19.1 Å². The van der Waals surface area contributed by atoms with Crippen molar-refractivity contribution < 1.29 is 9.84 Å². The maximum absolute atomic E-state index is 11.4. The second-order valence-electron chi connectivity index (χ2n) is 3.96. The Morgan fingerprint density at radius 1 is 1.85 bits per heavy atom. The second kappa shape index (κ2) is 4.78. The normalized spacial score (nSPS) is 26.9. The summed E-state index contributed by atoms with van der Waals surface area (Å²) in [6.45, 7) is 12.3. The first-order valence-electron chi connectivity index (χ1n) is 4.22. The van der Waals surface area contributed by atoms with Crippen molar-refractivity contribution >= 4 is 23.1 Å². The van der Waals surface area contributed by atoms with Crippen LogP contribution in [0.4, 0.5) is 0 Å². The minimum absolute atomic E-state index is 0. The van der Waals surface area contributed by atoms with Gasteiger partial charge in [-0.1, -0.05) is 19.4 Å². The van der Waals surface area contributed by atoms with Crippen molar-refractivity contribution in [2.45, 2.75) is 32.5 Å². The van der Waals surface area contributed by atoms with Crippen molar-refractivity contribution in [1.29, 1.82) is 0 Å². The Kier molecular flexibility index (Phi) is 4.93. The van der Waals surface area contributed by atoms with Crippen LogP contribution >= 0.6 is 0 Å². The zero-order chi connectivity index (χ0) is 9.35. The average molecular weight is 193 g/mol. The summed E-state index contributed by atoms with van der Waals surface area (Å²) in [4.78, 5) is 0. The summed E-state index contributed by atoms with van der Waals surface area (Å²) < 4.78 is 4.93. The predicted molar refractivity (Wildman–Crippen MR) is 52.2 cm³/mol. The van der Waals surface area contributed by atoms with Gasteiger partial charge in [-0.15, -0.1) is 17.6 Å². The summed E-state index contributed by atoms with van der Waals surface area (Å²) in [5.74, 6) is 0. The first-order valence-corrected chi connectivity index (χ1v) is 4.22. The second-order valence-corrected chi connectivity index (χ2v) is 3.96. The van der Waals surface area contributed by atoms with Gasteiger partial charge in [0.15, 0.2) is 0 Å². The summed E-state index contributed by atoms with van der Waals surface area (Å²) in [6, 6.07) is 0. The molecule has 0 aromatic heterocycles. The Hall–Kier alpha value is 0.426. The molecular formula is C10H16MgO2. The first kappa shape index (κ1) is 13.4. The van der Waals surface area contributed by atoms with E-state index < -0.39 is 6.10 Å². The zero-order valence-electron chi connectivity index (χ0n) is 8.51. The van der Waals surface area contributed by atoms with Crippen molar-refractivity contribution in [2.24, 2.45) is 5.41 Å². The van der Waals surface area contributed by atoms with E-state index in [1.807, 2.05) is 13.8 Å². The number of hydrogen-bond acceptors (Lipinski definition) is 2. The molecule has 0 spiro atoms. The van der Waals surface area contributed by atoms with E-state index in [9.17, 15) is 5.11 Å². The molecule has 0 aromatic carbocycles. The number of ether oxygens (including phenoxy) is 1. The van der Waals surface area contributed by atoms with Crippen molar-refractivity contribution in [3.63, 3.8) is 0 Å². The maximum atomic E-state index is 11.4. The van der Waals surface area contributed by atoms with Gasteiger partial charge in [0.05, 0.1) is 12.7 Å². The molecule has 2 nitrogen and oxygen atoms in total. The van der Waals surface area contributed by atoms with Crippen LogP contribution in [0.15, 0.2) is 12.2 Å². The minimum atomic E-state index is -0.635. The summed E-state index contributed by atoms with van der Waals surface area (Å²) >= 11 is 0. The summed E-state index contributed by atoms with van der Waals surface area (Å²) in [5, 5.41) is 11.4. The van der Waals surface area contributed by atoms with Gasteiger partial charge in [-0.05, 0) is 6.92 Å². The average Bonchev–Trinajstić information content (AvgIpc) is 2.65. The van der Waals surface area contributed by atoms with Crippen LogP contribution in [-0.2, 0) is 4.74 Å². The van der Waals surface area contributed by atoms with Gasteiger partial charge < -0.3 is 16.8 Å². The molecule has 13 heavy (non-hydrogen) atoms. The molecule has 70 valence electrons. The largest absolute Gasteiger partial charge is 2.00 e. The number of hydrogen-bond donors (Lipinski definition) is 0. The van der Waals surface area contributed by atoms with Crippen molar-refractivity contribution in [1.82, 2.24) is 0 Å². The van der Waals surface area contributed by atoms with Gasteiger partial charge in [-0.25, -0.2) is 0 Å². The molecule has 1 heterocycles. The van der Waals surface area contributed by atoms with Crippen LogP contribution in [0.2, 0.25) is 0 Å². The fraction of sp³-hybridized carbons (Fsp3) is 0.700. The van der Waals surface area contributed by atoms with Gasteiger partial charge in [-0.3, -0.25) is 0 Å². The maximum Gasteiger partial charge on any atom is 2.00 e. The topological polar surface area (TPSA) is 35.6 Å². The number of allylic oxidation sites excluding steroid dienone is 1. The Morgan fingerprint density at radius 2 is 2.31 bits per heavy atom. The monoisotopic (exact) mass is 192 g/mol. The number of epoxide rings is 1. The van der Waals surface area contributed by atoms with E-state index in [1.54, 1.807) is 0 Å². The van der Waals surface area contributed by atoms with Gasteiger partial charge in [0, 0.05) is 0 Å². The summed E-state index contributed by atoms with van der Waals surface area (Å²) in [5.41, 5.74) is 0.669. The van der Waals surface area contributed by atoms with Crippen LogP contribution in [0.1, 0.15) is 20.3 Å². The Bertz CT molecular complexity index is 185. The van der Waals surface area contributed by atoms with E-state index in [0.717, 1.165) is 5.57 Å². The van der Waals surface area contributed by atoms with Crippen molar-refractivity contribution in [3.8, 4) is 0 Å². The molecule has 0 saturated carbocycles. The first-order chi connectivity index (χ1) is 5.43. The zero-order valence-corrected chi connectivity index (χ0v) is 9.92. The van der Waals surface area contributed by atoms with E-state index in [-0.39, 0.29) is 34.6 Å². The molecule has 0 N–H and O–H groups in total. The van der Waals surface area contributed by atoms with E-state index in [0.29, 0.717) is 13.0 Å². The summed E-state index contributed by atoms with van der Waals surface area (Å²) in [6.07, 6.45) is -0.179. The minimum Gasteiger partial charge on any atom is -0.850 e. The van der Waals surface area contributed by atoms with Crippen LogP contribution in [0, 0.1) is 12.3 Å². The fourth-order valence-corrected chi connectivity index (χ4v) is 1.02. The van der Waals surface area contributed by atoms with E-state index in [1.165, 1.54) is 0 Å². The Balaban J connectivity index is 0.00000144. The van der Waals surface area contributed by atoms with Crippen LogP contribution in [-0.4, -0.2) is 41.9 Å². The van der Waals surface area contributed by atoms with Crippen LogP contribution in [0.5, 0.6) is 0 Å².